The molecule has 1 atom stereocenters. The number of esters is 1. The Bertz CT molecular complexity index is 343. The van der Waals surface area contributed by atoms with E-state index >= 15 is 0 Å². The number of rotatable bonds is 9. The summed E-state index contributed by atoms with van der Waals surface area (Å²) in [6, 6.07) is 0. The Kier molecular flexibility index (Phi) is 28.9. The Morgan fingerprint density at radius 1 is 1.30 bits per heavy atom. The van der Waals surface area contributed by atoms with E-state index in [1.54, 1.807) is 13.0 Å². The Labute approximate surface area is 142 Å². The van der Waals surface area contributed by atoms with E-state index in [4.69, 9.17) is 9.39 Å². The molecule has 0 fully saturated rings. The summed E-state index contributed by atoms with van der Waals surface area (Å²) >= 11 is 0. The zero-order valence-corrected chi connectivity index (χ0v) is 14.4. The van der Waals surface area contributed by atoms with Crippen LogP contribution in [0.1, 0.15) is 67.2 Å². The first-order valence-corrected chi connectivity index (χ1v) is 7.46. The first-order valence-electron chi connectivity index (χ1n) is 7.46. The van der Waals surface area contributed by atoms with Crippen molar-refractivity contribution in [3.05, 3.63) is 31.5 Å². The van der Waals surface area contributed by atoms with Gasteiger partial charge in [0.15, 0.2) is 0 Å². The van der Waals surface area contributed by atoms with E-state index in [1.165, 1.54) is 0 Å². The minimum atomic E-state index is -0.140. The van der Waals surface area contributed by atoms with Gasteiger partial charge in [-0.3, -0.25) is 4.79 Å². The normalized spacial score (nSPS) is 9.48. The monoisotopic (exact) mass is 326 g/mol. The number of allylic oxidation sites excluding steroid dienone is 2. The van der Waals surface area contributed by atoms with Crippen LogP contribution >= 0.6 is 0 Å². The average Bonchev–Trinajstić information content (AvgIpc) is 2.47. The summed E-state index contributed by atoms with van der Waals surface area (Å²) in [4.78, 5) is 22.0. The molecule has 0 heterocycles. The number of carbonyl (C=O) groups excluding carboxylic acids is 2. The van der Waals surface area contributed by atoms with Crippen molar-refractivity contribution < 1.29 is 19.0 Å². The van der Waals surface area contributed by atoms with Gasteiger partial charge >= 0.3 is 17.3 Å². The number of carbonyl (C=O) groups is 2. The number of ether oxygens (including phenoxy) is 1. The summed E-state index contributed by atoms with van der Waals surface area (Å²) in [5, 5.41) is 0. The Hall–Kier alpha value is -1.64. The van der Waals surface area contributed by atoms with Crippen LogP contribution in [0.2, 0.25) is 0 Å². The van der Waals surface area contributed by atoms with Crippen LogP contribution in [-0.4, -0.2) is 18.4 Å². The molecule has 0 N–H and O–H groups in total. The Balaban J connectivity index is -0.000000192. The molecule has 1 unspecified atom stereocenters. The van der Waals surface area contributed by atoms with Crippen LogP contribution in [0.4, 0.5) is 0 Å². The van der Waals surface area contributed by atoms with Crippen molar-refractivity contribution in [2.24, 2.45) is 5.92 Å². The fraction of sp³-hybridized carbons (Fsp3) is 0.632. The van der Waals surface area contributed by atoms with Crippen molar-refractivity contribution in [1.82, 2.24) is 0 Å². The molecule has 0 bridgehead atoms. The molecule has 0 saturated carbocycles. The molecule has 0 spiro atoms. The third-order valence-corrected chi connectivity index (χ3v) is 2.59. The SMILES string of the molecule is C.C=CC(=C)C.CCCCOC(=O)CCC(C)CC(C)=O.[C-]#[O+]. The topological polar surface area (TPSA) is 63.3 Å². The molecule has 0 aliphatic heterocycles. The first-order chi connectivity index (χ1) is 10.3. The third-order valence-electron chi connectivity index (χ3n) is 2.59. The van der Waals surface area contributed by atoms with Gasteiger partial charge in [-0.1, -0.05) is 52.5 Å². The van der Waals surface area contributed by atoms with Crippen LogP contribution in [0.5, 0.6) is 0 Å². The van der Waals surface area contributed by atoms with Crippen LogP contribution in [0.15, 0.2) is 24.8 Å². The maximum atomic E-state index is 11.2. The van der Waals surface area contributed by atoms with Gasteiger partial charge in [-0.2, -0.15) is 0 Å². The second-order valence-corrected chi connectivity index (χ2v) is 5.17. The van der Waals surface area contributed by atoms with E-state index in [1.807, 2.05) is 13.8 Å². The summed E-state index contributed by atoms with van der Waals surface area (Å²) in [5.41, 5.74) is 1.02. The molecule has 134 valence electrons. The van der Waals surface area contributed by atoms with Crippen LogP contribution in [0.3, 0.4) is 0 Å². The van der Waals surface area contributed by atoms with Crippen molar-refractivity contribution in [1.29, 1.82) is 0 Å². The molecule has 0 radical (unpaired) electrons. The molecule has 0 aromatic rings. The van der Waals surface area contributed by atoms with E-state index in [0.717, 1.165) is 24.8 Å². The van der Waals surface area contributed by atoms with Gasteiger partial charge in [0.25, 0.3) is 0 Å². The molecule has 0 amide bonds. The molecule has 0 saturated heterocycles. The molecule has 0 aromatic carbocycles. The van der Waals surface area contributed by atoms with E-state index in [2.05, 4.69) is 26.7 Å². The molecule has 4 nitrogen and oxygen atoms in total. The van der Waals surface area contributed by atoms with Gasteiger partial charge < -0.3 is 9.53 Å². The first kappa shape index (κ1) is 29.4. The van der Waals surface area contributed by atoms with Gasteiger partial charge in [0, 0.05) is 12.8 Å². The predicted octanol–water partition coefficient (Wildman–Crippen LogP) is 5.07. The zero-order chi connectivity index (χ0) is 18.0. The fourth-order valence-electron chi connectivity index (χ4n) is 1.36. The maximum absolute atomic E-state index is 11.2. The summed E-state index contributed by atoms with van der Waals surface area (Å²) in [7, 11) is 0. The van der Waals surface area contributed by atoms with Gasteiger partial charge in [0.05, 0.1) is 6.61 Å². The van der Waals surface area contributed by atoms with Crippen molar-refractivity contribution in [2.75, 3.05) is 6.61 Å². The summed E-state index contributed by atoms with van der Waals surface area (Å²) in [5.74, 6) is 0.321. The second kappa shape index (κ2) is 22.6. The Morgan fingerprint density at radius 2 is 1.78 bits per heavy atom. The summed E-state index contributed by atoms with van der Waals surface area (Å²) in [6.45, 7) is 19.6. The second-order valence-electron chi connectivity index (χ2n) is 5.17. The molecule has 0 aromatic heterocycles. The fourth-order valence-corrected chi connectivity index (χ4v) is 1.36. The minimum absolute atomic E-state index is 0. The molecule has 23 heavy (non-hydrogen) atoms. The van der Waals surface area contributed by atoms with Gasteiger partial charge in [-0.25, -0.2) is 0 Å². The van der Waals surface area contributed by atoms with E-state index in [-0.39, 0.29) is 25.1 Å². The van der Waals surface area contributed by atoms with Gasteiger partial charge in [-0.15, -0.1) is 0 Å². The molecule has 0 rings (SSSR count). The molecular formula is C19H34O4. The van der Waals surface area contributed by atoms with Gasteiger partial charge in [-0.05, 0) is 32.6 Å². The van der Waals surface area contributed by atoms with Crippen LogP contribution in [0, 0.1) is 12.6 Å². The molecule has 4 heteroatoms. The number of Topliss-reactive ketones (excluding diaryl/α,β-unsaturated/α-hetero) is 1. The number of unbranched alkanes of at least 4 members (excludes halogenated alkanes) is 1. The van der Waals surface area contributed by atoms with Crippen LogP contribution in [0.25, 0.3) is 0 Å². The van der Waals surface area contributed by atoms with E-state index in [0.29, 0.717) is 19.4 Å². The number of hydrogen-bond acceptors (Lipinski definition) is 3. The Morgan fingerprint density at radius 3 is 2.13 bits per heavy atom. The average molecular weight is 326 g/mol. The molecular weight excluding hydrogens is 292 g/mol. The molecule has 0 aliphatic carbocycles. The zero-order valence-electron chi connectivity index (χ0n) is 14.4. The third kappa shape index (κ3) is 33.3. The van der Waals surface area contributed by atoms with Crippen LogP contribution < -0.4 is 0 Å². The summed E-state index contributed by atoms with van der Waals surface area (Å²) < 4.78 is 12.5. The van der Waals surface area contributed by atoms with Gasteiger partial charge in [0.1, 0.15) is 5.78 Å². The van der Waals surface area contributed by atoms with Crippen molar-refractivity contribution in [3.63, 3.8) is 0 Å². The van der Waals surface area contributed by atoms with Crippen LogP contribution in [-0.2, 0) is 19.0 Å². The summed E-state index contributed by atoms with van der Waals surface area (Å²) in [6.07, 6.45) is 5.41. The quantitative estimate of drug-likeness (QED) is 0.195. The number of ketones is 1. The number of hydrogen-bond donors (Lipinski definition) is 0. The molecule has 0 aliphatic rings. The predicted molar refractivity (Wildman–Crippen MR) is 95.2 cm³/mol. The van der Waals surface area contributed by atoms with Crippen molar-refractivity contribution >= 4 is 11.8 Å². The van der Waals surface area contributed by atoms with Crippen molar-refractivity contribution in [2.45, 2.75) is 67.2 Å². The van der Waals surface area contributed by atoms with Gasteiger partial charge in [0.2, 0.25) is 0 Å². The van der Waals surface area contributed by atoms with E-state index < -0.39 is 0 Å². The standard InChI is InChI=1S/C12H22O3.C5H8.CO.CH4/c1-4-5-8-15-12(14)7-6-10(2)9-11(3)13;1-4-5(2)3;1-2;/h10H,4-9H2,1-3H3;4H,1-2H2,3H3;;1H4. The van der Waals surface area contributed by atoms with Crippen molar-refractivity contribution in [3.8, 4) is 0 Å². The van der Waals surface area contributed by atoms with E-state index in [9.17, 15) is 9.59 Å².